The number of hydrogen-bond acceptors (Lipinski definition) is 3. The van der Waals surface area contributed by atoms with Gasteiger partial charge in [-0.25, -0.2) is 4.39 Å². The van der Waals surface area contributed by atoms with Gasteiger partial charge in [-0.1, -0.05) is 30.3 Å². The Morgan fingerprint density at radius 2 is 1.84 bits per heavy atom. The molecule has 1 saturated heterocycles. The van der Waals surface area contributed by atoms with Gasteiger partial charge in [0.1, 0.15) is 5.82 Å². The number of pyridine rings is 1. The van der Waals surface area contributed by atoms with E-state index in [2.05, 4.69) is 26.6 Å². The van der Waals surface area contributed by atoms with Gasteiger partial charge < -0.3 is 20.1 Å². The molecular weight excluding hydrogens is 497 g/mol. The largest absolute Gasteiger partial charge is 0.352 e. The Bertz CT molecular complexity index is 1490. The highest BCUT2D eigenvalue weighted by Crippen LogP contribution is 2.41. The van der Waals surface area contributed by atoms with Gasteiger partial charge in [0.15, 0.2) is 5.11 Å². The topological polar surface area (TPSA) is 62.2 Å². The van der Waals surface area contributed by atoms with E-state index in [0.717, 1.165) is 33.9 Å². The third-order valence-electron chi connectivity index (χ3n) is 6.96. The fourth-order valence-corrected chi connectivity index (χ4v) is 5.58. The Morgan fingerprint density at radius 1 is 1.05 bits per heavy atom. The number of hydrogen-bond donors (Lipinski definition) is 2. The summed E-state index contributed by atoms with van der Waals surface area (Å²) in [6.45, 7) is 6.37. The van der Waals surface area contributed by atoms with E-state index in [-0.39, 0.29) is 30.2 Å². The average Bonchev–Trinajstić information content (AvgIpc) is 3.38. The first kappa shape index (κ1) is 25.6. The van der Waals surface area contributed by atoms with Crippen molar-refractivity contribution in [2.24, 2.45) is 0 Å². The monoisotopic (exact) mass is 527 g/mol. The van der Waals surface area contributed by atoms with Crippen LogP contribution in [0.15, 0.2) is 79.0 Å². The maximum absolute atomic E-state index is 14.8. The molecule has 0 saturated carbocycles. The summed E-state index contributed by atoms with van der Waals surface area (Å²) in [6.07, 6.45) is 2.02. The zero-order valence-electron chi connectivity index (χ0n) is 21.6. The SMILES string of the molecule is Cc1cccc(NC(=O)CCN2C(=S)N[C@H](c3ccccn3)[C@@H]2c2cc(C)n(-c3ccccc3F)c2C)c1. The van der Waals surface area contributed by atoms with Gasteiger partial charge in [-0.2, -0.15) is 0 Å². The highest BCUT2D eigenvalue weighted by molar-refractivity contribution is 7.80. The smallest absolute Gasteiger partial charge is 0.226 e. The summed E-state index contributed by atoms with van der Waals surface area (Å²) in [6, 6.07) is 21.9. The van der Waals surface area contributed by atoms with E-state index in [9.17, 15) is 9.18 Å². The van der Waals surface area contributed by atoms with Crippen molar-refractivity contribution in [2.75, 3.05) is 11.9 Å². The van der Waals surface area contributed by atoms with Crippen molar-refractivity contribution in [3.63, 3.8) is 0 Å². The third kappa shape index (κ3) is 5.04. The highest BCUT2D eigenvalue weighted by atomic mass is 32.1. The van der Waals surface area contributed by atoms with Crippen LogP contribution < -0.4 is 10.6 Å². The van der Waals surface area contributed by atoms with E-state index in [4.69, 9.17) is 12.2 Å². The number of thiocarbonyl (C=S) groups is 1. The van der Waals surface area contributed by atoms with Crippen molar-refractivity contribution in [3.8, 4) is 5.69 Å². The fourth-order valence-electron chi connectivity index (χ4n) is 5.24. The molecule has 0 spiro atoms. The summed E-state index contributed by atoms with van der Waals surface area (Å²) >= 11 is 5.78. The van der Waals surface area contributed by atoms with Crippen molar-refractivity contribution < 1.29 is 9.18 Å². The molecule has 3 heterocycles. The molecule has 6 nitrogen and oxygen atoms in total. The number of nitrogens with one attached hydrogen (secondary N) is 2. The van der Waals surface area contributed by atoms with Crippen LogP contribution in [-0.2, 0) is 4.79 Å². The maximum Gasteiger partial charge on any atom is 0.226 e. The molecule has 0 radical (unpaired) electrons. The van der Waals surface area contributed by atoms with Gasteiger partial charge in [-0.05, 0) is 86.6 Å². The van der Waals surface area contributed by atoms with E-state index in [1.807, 2.05) is 73.9 Å². The number of rotatable bonds is 7. The van der Waals surface area contributed by atoms with E-state index >= 15 is 0 Å². The molecule has 0 unspecified atom stereocenters. The zero-order chi connectivity index (χ0) is 26.8. The molecular formula is C30H30FN5OS. The molecule has 1 amide bonds. The van der Waals surface area contributed by atoms with Crippen molar-refractivity contribution in [1.82, 2.24) is 19.8 Å². The molecule has 5 rings (SSSR count). The first-order valence-electron chi connectivity index (χ1n) is 12.6. The van der Waals surface area contributed by atoms with Crippen LogP contribution in [0.2, 0.25) is 0 Å². The standard InChI is InChI=1S/C30H30FN5OS/c1-19-9-8-10-22(17-19)33-27(37)14-16-35-29(28(34-30(35)38)25-12-6-7-15-32-25)23-18-20(2)36(21(23)3)26-13-5-4-11-24(26)31/h4-13,15,17-18,28-29H,14,16H2,1-3H3,(H,33,37)(H,34,38)/t28-,29+/m1/s1. The number of halogens is 1. The molecule has 1 aliphatic rings. The number of amides is 1. The summed E-state index contributed by atoms with van der Waals surface area (Å²) in [5.74, 6) is -0.373. The summed E-state index contributed by atoms with van der Waals surface area (Å²) < 4.78 is 16.7. The van der Waals surface area contributed by atoms with Crippen molar-refractivity contribution in [1.29, 1.82) is 0 Å². The second kappa shape index (κ2) is 10.8. The number of aromatic nitrogens is 2. The number of aryl methyl sites for hydroxylation is 2. The van der Waals surface area contributed by atoms with Gasteiger partial charge in [0.2, 0.25) is 5.91 Å². The van der Waals surface area contributed by atoms with Crippen LogP contribution in [0, 0.1) is 26.6 Å². The number of carbonyl (C=O) groups is 1. The van der Waals surface area contributed by atoms with E-state index in [1.54, 1.807) is 18.3 Å². The van der Waals surface area contributed by atoms with Gasteiger partial charge in [0, 0.05) is 36.2 Å². The maximum atomic E-state index is 14.8. The van der Waals surface area contributed by atoms with Crippen LogP contribution in [0.5, 0.6) is 0 Å². The summed E-state index contributed by atoms with van der Waals surface area (Å²) in [7, 11) is 0. The molecule has 8 heteroatoms. The minimum atomic E-state index is -0.285. The molecule has 194 valence electrons. The number of benzene rings is 2. The number of anilines is 1. The molecule has 2 N–H and O–H groups in total. The minimum absolute atomic E-state index is 0.0877. The first-order chi connectivity index (χ1) is 18.3. The minimum Gasteiger partial charge on any atom is -0.352 e. The Hall–Kier alpha value is -4.04. The number of para-hydroxylation sites is 1. The Morgan fingerprint density at radius 3 is 2.58 bits per heavy atom. The first-order valence-corrected chi connectivity index (χ1v) is 13.0. The predicted octanol–water partition coefficient (Wildman–Crippen LogP) is 5.94. The molecule has 0 aliphatic carbocycles. The van der Waals surface area contributed by atoms with Gasteiger partial charge >= 0.3 is 0 Å². The Balaban J connectivity index is 1.48. The predicted molar refractivity (Wildman–Crippen MR) is 152 cm³/mol. The number of carbonyl (C=O) groups excluding carboxylic acids is 1. The lowest BCUT2D eigenvalue weighted by atomic mass is 9.96. The fraction of sp³-hybridized carbons (Fsp3) is 0.233. The Kier molecular flexibility index (Phi) is 7.24. The van der Waals surface area contributed by atoms with Gasteiger partial charge in [-0.3, -0.25) is 9.78 Å². The Labute approximate surface area is 227 Å². The normalized spacial score (nSPS) is 16.9. The van der Waals surface area contributed by atoms with Crippen molar-refractivity contribution >= 4 is 28.9 Å². The van der Waals surface area contributed by atoms with E-state index in [0.29, 0.717) is 17.3 Å². The zero-order valence-corrected chi connectivity index (χ0v) is 22.4. The second-order valence-electron chi connectivity index (χ2n) is 9.60. The van der Waals surface area contributed by atoms with E-state index in [1.165, 1.54) is 6.07 Å². The van der Waals surface area contributed by atoms with Crippen LogP contribution in [0.4, 0.5) is 10.1 Å². The lowest BCUT2D eigenvalue weighted by Gasteiger charge is -2.28. The molecule has 2 aromatic heterocycles. The number of nitrogens with zero attached hydrogens (tertiary/aromatic N) is 3. The third-order valence-corrected chi connectivity index (χ3v) is 7.31. The highest BCUT2D eigenvalue weighted by Gasteiger charge is 2.41. The van der Waals surface area contributed by atoms with Gasteiger partial charge in [0.25, 0.3) is 0 Å². The summed E-state index contributed by atoms with van der Waals surface area (Å²) in [5.41, 5.74) is 6.04. The van der Waals surface area contributed by atoms with Gasteiger partial charge in [-0.15, -0.1) is 0 Å². The second-order valence-corrected chi connectivity index (χ2v) is 9.99. The molecule has 2 aromatic carbocycles. The van der Waals surface area contributed by atoms with E-state index < -0.39 is 0 Å². The molecule has 0 bridgehead atoms. The van der Waals surface area contributed by atoms with Crippen LogP contribution in [0.3, 0.4) is 0 Å². The lowest BCUT2D eigenvalue weighted by molar-refractivity contribution is -0.116. The quantitative estimate of drug-likeness (QED) is 0.292. The van der Waals surface area contributed by atoms with Crippen molar-refractivity contribution in [3.05, 3.63) is 113 Å². The summed E-state index contributed by atoms with van der Waals surface area (Å²) in [4.78, 5) is 19.5. The van der Waals surface area contributed by atoms with Crippen LogP contribution in [0.1, 0.15) is 46.7 Å². The lowest BCUT2D eigenvalue weighted by Crippen LogP contribution is -2.32. The summed E-state index contributed by atoms with van der Waals surface area (Å²) in [5, 5.41) is 6.98. The molecule has 38 heavy (non-hydrogen) atoms. The molecule has 4 aromatic rings. The molecule has 2 atom stereocenters. The van der Waals surface area contributed by atoms with Crippen molar-refractivity contribution in [2.45, 2.75) is 39.3 Å². The van der Waals surface area contributed by atoms with Crippen LogP contribution >= 0.6 is 12.2 Å². The van der Waals surface area contributed by atoms with Gasteiger partial charge in [0.05, 0.1) is 23.5 Å². The van der Waals surface area contributed by atoms with Crippen LogP contribution in [-0.4, -0.2) is 32.0 Å². The van der Waals surface area contributed by atoms with Crippen LogP contribution in [0.25, 0.3) is 5.69 Å². The molecule has 1 fully saturated rings. The average molecular weight is 528 g/mol. The molecule has 1 aliphatic heterocycles.